The Kier molecular flexibility index (Phi) is 6.74. The van der Waals surface area contributed by atoms with Crippen LogP contribution in [0.4, 0.5) is 0 Å². The molecule has 1 aliphatic heterocycles. The number of fused-ring (bicyclic) bond motifs is 1. The molecule has 0 aromatic heterocycles. The van der Waals surface area contributed by atoms with Gasteiger partial charge in [-0.25, -0.2) is 0 Å². The van der Waals surface area contributed by atoms with Crippen LogP contribution >= 0.6 is 31.9 Å². The van der Waals surface area contributed by atoms with Gasteiger partial charge in [-0.05, 0) is 59.9 Å². The molecule has 28 heavy (non-hydrogen) atoms. The molecule has 2 aromatic carbocycles. The van der Waals surface area contributed by atoms with Crippen molar-refractivity contribution in [3.63, 3.8) is 0 Å². The number of rotatable bonds is 5. The lowest BCUT2D eigenvalue weighted by molar-refractivity contribution is -0.0378. The van der Waals surface area contributed by atoms with E-state index < -0.39 is 0 Å². The van der Waals surface area contributed by atoms with E-state index in [2.05, 4.69) is 78.5 Å². The molecule has 0 unspecified atom stereocenters. The first-order chi connectivity index (χ1) is 13.6. The highest BCUT2D eigenvalue weighted by molar-refractivity contribution is 9.11. The summed E-state index contributed by atoms with van der Waals surface area (Å²) in [6.07, 6.45) is 2.25. The van der Waals surface area contributed by atoms with Crippen molar-refractivity contribution in [2.24, 2.45) is 0 Å². The van der Waals surface area contributed by atoms with Gasteiger partial charge in [-0.1, -0.05) is 37.9 Å². The highest BCUT2D eigenvalue weighted by Gasteiger charge is 2.35. The predicted molar refractivity (Wildman–Crippen MR) is 119 cm³/mol. The fraction of sp³-hybridized carbons (Fsp3) is 0.455. The van der Waals surface area contributed by atoms with Gasteiger partial charge in [-0.15, -0.1) is 0 Å². The average Bonchev–Trinajstić information content (AvgIpc) is 2.71. The molecule has 150 valence electrons. The number of halogens is 2. The molecule has 0 radical (unpaired) electrons. The molecule has 0 saturated carbocycles. The van der Waals surface area contributed by atoms with Crippen LogP contribution in [0.5, 0.6) is 5.75 Å². The normalized spacial score (nSPS) is 22.7. The average molecular weight is 510 g/mol. The molecule has 1 saturated heterocycles. The van der Waals surface area contributed by atoms with E-state index in [1.165, 1.54) is 16.7 Å². The van der Waals surface area contributed by atoms with Gasteiger partial charge >= 0.3 is 0 Å². The summed E-state index contributed by atoms with van der Waals surface area (Å²) in [5.74, 6) is 0.941. The van der Waals surface area contributed by atoms with E-state index in [4.69, 9.17) is 9.47 Å². The number of nitrogens with zero attached hydrogens (tertiary/aromatic N) is 1. The molecule has 2 atom stereocenters. The highest BCUT2D eigenvalue weighted by atomic mass is 79.9. The minimum Gasteiger partial charge on any atom is -0.497 e. The van der Waals surface area contributed by atoms with E-state index in [1.54, 1.807) is 7.11 Å². The topological polar surface area (TPSA) is 33.7 Å². The lowest BCUT2D eigenvalue weighted by atomic mass is 9.84. The summed E-state index contributed by atoms with van der Waals surface area (Å²) >= 11 is 7.15. The summed E-state index contributed by atoms with van der Waals surface area (Å²) in [7, 11) is 1.74. The maximum Gasteiger partial charge on any atom is 0.119 e. The Balaban J connectivity index is 1.57. The van der Waals surface area contributed by atoms with Crippen LogP contribution < -0.4 is 10.1 Å². The number of hydrogen-bond donors (Lipinski definition) is 1. The van der Waals surface area contributed by atoms with Crippen molar-refractivity contribution in [1.29, 1.82) is 0 Å². The molecular formula is C22H26Br2N2O2. The second-order valence-electron chi connectivity index (χ2n) is 7.46. The SMILES string of the molecule is COc1ccc2c(c1)CC[C@@H](OCc1cc(Br)cc(Br)c1)[C@@H]2N1CCNCC1. The zero-order chi connectivity index (χ0) is 19.5. The highest BCUT2D eigenvalue weighted by Crippen LogP contribution is 2.38. The van der Waals surface area contributed by atoms with Crippen LogP contribution in [0.25, 0.3) is 0 Å². The molecule has 1 heterocycles. The molecule has 2 aromatic rings. The number of piperazine rings is 1. The Morgan fingerprint density at radius 2 is 1.82 bits per heavy atom. The standard InChI is InChI=1S/C22H26Br2N2O2/c1-27-19-3-4-20-16(12-19)2-5-21(22(20)26-8-6-25-7-9-26)28-14-15-10-17(23)13-18(24)11-15/h3-4,10-13,21-22,25H,2,5-9,14H2,1H3/t21-,22-/m1/s1. The fourth-order valence-corrected chi connectivity index (χ4v) is 5.72. The lowest BCUT2D eigenvalue weighted by Crippen LogP contribution is -2.49. The van der Waals surface area contributed by atoms with Crippen molar-refractivity contribution in [2.75, 3.05) is 33.3 Å². The summed E-state index contributed by atoms with van der Waals surface area (Å²) in [6, 6.07) is 13.1. The van der Waals surface area contributed by atoms with Crippen LogP contribution in [0.1, 0.15) is 29.2 Å². The maximum absolute atomic E-state index is 6.52. The third-order valence-corrected chi connectivity index (χ3v) is 6.57. The first-order valence-electron chi connectivity index (χ1n) is 9.82. The number of aryl methyl sites for hydroxylation is 1. The summed E-state index contributed by atoms with van der Waals surface area (Å²) in [6.45, 7) is 4.80. The van der Waals surface area contributed by atoms with Crippen molar-refractivity contribution >= 4 is 31.9 Å². The van der Waals surface area contributed by atoms with E-state index in [0.717, 1.165) is 53.7 Å². The van der Waals surface area contributed by atoms with Gasteiger partial charge in [0.15, 0.2) is 0 Å². The Morgan fingerprint density at radius 3 is 2.54 bits per heavy atom. The Morgan fingerprint density at radius 1 is 1.07 bits per heavy atom. The molecule has 2 aliphatic rings. The Bertz CT molecular complexity index is 804. The zero-order valence-electron chi connectivity index (χ0n) is 16.1. The van der Waals surface area contributed by atoms with Gasteiger partial charge in [0, 0.05) is 35.1 Å². The van der Waals surface area contributed by atoms with Crippen LogP contribution in [0.2, 0.25) is 0 Å². The van der Waals surface area contributed by atoms with E-state index in [-0.39, 0.29) is 6.10 Å². The summed E-state index contributed by atoms with van der Waals surface area (Å²) in [4.78, 5) is 2.59. The molecule has 0 bridgehead atoms. The van der Waals surface area contributed by atoms with Crippen LogP contribution in [0.3, 0.4) is 0 Å². The summed E-state index contributed by atoms with van der Waals surface area (Å²) in [5, 5.41) is 3.47. The summed E-state index contributed by atoms with van der Waals surface area (Å²) < 4.78 is 14.1. The van der Waals surface area contributed by atoms with Crippen molar-refractivity contribution in [2.45, 2.75) is 31.6 Å². The number of benzene rings is 2. The smallest absolute Gasteiger partial charge is 0.119 e. The molecule has 4 nitrogen and oxygen atoms in total. The zero-order valence-corrected chi connectivity index (χ0v) is 19.3. The van der Waals surface area contributed by atoms with E-state index in [1.807, 2.05) is 0 Å². The van der Waals surface area contributed by atoms with Gasteiger partial charge in [0.2, 0.25) is 0 Å². The predicted octanol–water partition coefficient (Wildman–Crippen LogP) is 4.70. The van der Waals surface area contributed by atoms with Crippen LogP contribution in [0.15, 0.2) is 45.3 Å². The fourth-order valence-electron chi connectivity index (χ4n) is 4.33. The summed E-state index contributed by atoms with van der Waals surface area (Å²) in [5.41, 5.74) is 3.98. The molecule has 0 amide bonds. The van der Waals surface area contributed by atoms with Gasteiger partial charge in [0.1, 0.15) is 5.75 Å². The number of hydrogen-bond acceptors (Lipinski definition) is 4. The third-order valence-electron chi connectivity index (χ3n) is 5.65. The second kappa shape index (κ2) is 9.26. The third kappa shape index (κ3) is 4.62. The monoisotopic (exact) mass is 508 g/mol. The van der Waals surface area contributed by atoms with E-state index in [9.17, 15) is 0 Å². The molecule has 1 fully saturated rings. The molecule has 1 N–H and O–H groups in total. The van der Waals surface area contributed by atoms with Gasteiger partial charge in [-0.3, -0.25) is 4.90 Å². The molecular weight excluding hydrogens is 484 g/mol. The minimum absolute atomic E-state index is 0.191. The van der Waals surface area contributed by atoms with Gasteiger partial charge in [0.05, 0.1) is 25.9 Å². The van der Waals surface area contributed by atoms with Crippen molar-refractivity contribution in [3.8, 4) is 5.75 Å². The lowest BCUT2D eigenvalue weighted by Gasteiger charge is -2.42. The first-order valence-corrected chi connectivity index (χ1v) is 11.4. The molecule has 4 rings (SSSR count). The maximum atomic E-state index is 6.52. The number of ether oxygens (including phenoxy) is 2. The van der Waals surface area contributed by atoms with Gasteiger partial charge < -0.3 is 14.8 Å². The van der Waals surface area contributed by atoms with E-state index >= 15 is 0 Å². The quantitative estimate of drug-likeness (QED) is 0.633. The molecule has 6 heteroatoms. The number of nitrogens with one attached hydrogen (secondary N) is 1. The molecule has 1 aliphatic carbocycles. The largest absolute Gasteiger partial charge is 0.497 e. The van der Waals surface area contributed by atoms with Crippen molar-refractivity contribution in [1.82, 2.24) is 10.2 Å². The van der Waals surface area contributed by atoms with Crippen molar-refractivity contribution in [3.05, 3.63) is 62.0 Å². The second-order valence-corrected chi connectivity index (χ2v) is 9.29. The Labute approximate surface area is 183 Å². The number of methoxy groups -OCH3 is 1. The van der Waals surface area contributed by atoms with Crippen molar-refractivity contribution < 1.29 is 9.47 Å². The minimum atomic E-state index is 0.191. The van der Waals surface area contributed by atoms with Gasteiger partial charge in [0.25, 0.3) is 0 Å². The van der Waals surface area contributed by atoms with Crippen LogP contribution in [0, 0.1) is 0 Å². The Hall–Kier alpha value is -0.920. The first kappa shape index (κ1) is 20.4. The van der Waals surface area contributed by atoms with Crippen LogP contribution in [-0.4, -0.2) is 44.3 Å². The van der Waals surface area contributed by atoms with E-state index in [0.29, 0.717) is 12.6 Å². The van der Waals surface area contributed by atoms with Crippen LogP contribution in [-0.2, 0) is 17.8 Å². The molecule has 0 spiro atoms. The van der Waals surface area contributed by atoms with Gasteiger partial charge in [-0.2, -0.15) is 0 Å².